The number of pyridine rings is 1. The first-order valence-electron chi connectivity index (χ1n) is 6.38. The summed E-state index contributed by atoms with van der Waals surface area (Å²) in [5.74, 6) is 0.274. The van der Waals surface area contributed by atoms with E-state index >= 15 is 0 Å². The molecule has 1 saturated carbocycles. The highest BCUT2D eigenvalue weighted by atomic mass is 16.7. The van der Waals surface area contributed by atoms with Crippen molar-refractivity contribution in [3.05, 3.63) is 42.1 Å². The molecule has 0 N–H and O–H groups in total. The molecule has 1 fully saturated rings. The van der Waals surface area contributed by atoms with Crippen LogP contribution in [-0.2, 0) is 9.63 Å². The molecular weight excluding hydrogens is 240 g/mol. The van der Waals surface area contributed by atoms with Crippen LogP contribution in [0.25, 0.3) is 10.9 Å². The van der Waals surface area contributed by atoms with Crippen LogP contribution in [0.15, 0.2) is 36.4 Å². The molecule has 1 heterocycles. The van der Waals surface area contributed by atoms with Gasteiger partial charge < -0.3 is 0 Å². The van der Waals surface area contributed by atoms with Gasteiger partial charge in [0.15, 0.2) is 0 Å². The van der Waals surface area contributed by atoms with Crippen molar-refractivity contribution >= 4 is 16.8 Å². The molecule has 4 nitrogen and oxygen atoms in total. The predicted octanol–water partition coefficient (Wildman–Crippen LogP) is 2.36. The summed E-state index contributed by atoms with van der Waals surface area (Å²) in [5, 5.41) is 2.43. The molecule has 4 heteroatoms. The number of carbonyl (C=O) groups excluding carboxylic acids is 1. The summed E-state index contributed by atoms with van der Waals surface area (Å²) < 4.78 is 0. The lowest BCUT2D eigenvalue weighted by molar-refractivity contribution is -0.170. The first-order valence-corrected chi connectivity index (χ1v) is 6.38. The van der Waals surface area contributed by atoms with E-state index in [4.69, 9.17) is 4.84 Å². The Morgan fingerprint density at radius 1 is 1.32 bits per heavy atom. The molecule has 2 atom stereocenters. The Morgan fingerprint density at radius 3 is 2.89 bits per heavy atom. The highest BCUT2D eigenvalue weighted by Crippen LogP contribution is 2.47. The number of para-hydroxylation sites is 1. The van der Waals surface area contributed by atoms with Crippen LogP contribution >= 0.6 is 0 Å². The lowest BCUT2D eigenvalue weighted by Gasteiger charge is -2.13. The molecule has 0 bridgehead atoms. The molecule has 98 valence electrons. The molecule has 1 aromatic heterocycles. The Bertz CT molecular complexity index is 626. The molecule has 1 aliphatic carbocycles. The van der Waals surface area contributed by atoms with Gasteiger partial charge in [-0.1, -0.05) is 24.3 Å². The third kappa shape index (κ3) is 2.19. The van der Waals surface area contributed by atoms with Crippen molar-refractivity contribution in [1.82, 2.24) is 10.0 Å². The molecule has 19 heavy (non-hydrogen) atoms. The van der Waals surface area contributed by atoms with Gasteiger partial charge in [-0.05, 0) is 18.6 Å². The molecule has 0 radical (unpaired) electrons. The Labute approximate surface area is 112 Å². The number of fused-ring (bicyclic) bond motifs is 1. The second-order valence-corrected chi connectivity index (χ2v) is 4.90. The summed E-state index contributed by atoms with van der Waals surface area (Å²) in [6, 6.07) is 12.1. The van der Waals surface area contributed by atoms with E-state index in [9.17, 15) is 4.79 Å². The number of hydrogen-bond donors (Lipinski definition) is 0. The van der Waals surface area contributed by atoms with Crippen molar-refractivity contribution in [1.29, 1.82) is 0 Å². The molecule has 2 unspecified atom stereocenters. The van der Waals surface area contributed by atoms with Gasteiger partial charge in [0.1, 0.15) is 0 Å². The van der Waals surface area contributed by atoms with Crippen LogP contribution in [0, 0.1) is 5.92 Å². The van der Waals surface area contributed by atoms with Crippen molar-refractivity contribution < 1.29 is 9.63 Å². The second kappa shape index (κ2) is 4.63. The minimum atomic E-state index is 0.0126. The van der Waals surface area contributed by atoms with Gasteiger partial charge in [-0.25, -0.2) is 5.06 Å². The van der Waals surface area contributed by atoms with Crippen LogP contribution < -0.4 is 0 Å². The zero-order valence-electron chi connectivity index (χ0n) is 11.0. The Balaban J connectivity index is 1.81. The van der Waals surface area contributed by atoms with Crippen molar-refractivity contribution in [3.63, 3.8) is 0 Å². The zero-order chi connectivity index (χ0) is 13.4. The Morgan fingerprint density at radius 2 is 2.11 bits per heavy atom. The van der Waals surface area contributed by atoms with Gasteiger partial charge in [0.05, 0.1) is 12.6 Å². The monoisotopic (exact) mass is 256 g/mol. The van der Waals surface area contributed by atoms with Gasteiger partial charge in [-0.15, -0.1) is 0 Å². The molecule has 0 aliphatic heterocycles. The summed E-state index contributed by atoms with van der Waals surface area (Å²) in [6.07, 6.45) is 0.859. The molecule has 0 spiro atoms. The first-order chi connectivity index (χ1) is 9.20. The van der Waals surface area contributed by atoms with E-state index in [0.29, 0.717) is 0 Å². The highest BCUT2D eigenvalue weighted by molar-refractivity contribution is 5.82. The van der Waals surface area contributed by atoms with Crippen molar-refractivity contribution in [2.75, 3.05) is 14.2 Å². The number of aromatic nitrogens is 1. The maximum atomic E-state index is 12.0. The number of hydroxylamine groups is 2. The molecule has 0 saturated heterocycles. The highest BCUT2D eigenvalue weighted by Gasteiger charge is 2.46. The molecular formula is C15H16N2O2. The van der Waals surface area contributed by atoms with Gasteiger partial charge in [-0.2, -0.15) is 0 Å². The lowest BCUT2D eigenvalue weighted by Crippen LogP contribution is -2.27. The van der Waals surface area contributed by atoms with E-state index in [1.165, 1.54) is 12.2 Å². The van der Waals surface area contributed by atoms with E-state index in [1.807, 2.05) is 30.3 Å². The fourth-order valence-electron chi connectivity index (χ4n) is 2.41. The summed E-state index contributed by atoms with van der Waals surface area (Å²) in [7, 11) is 3.15. The van der Waals surface area contributed by atoms with Crippen LogP contribution in [0.4, 0.5) is 0 Å². The fraction of sp³-hybridized carbons (Fsp3) is 0.333. The summed E-state index contributed by atoms with van der Waals surface area (Å²) in [5.41, 5.74) is 1.99. The Kier molecular flexibility index (Phi) is 2.95. The van der Waals surface area contributed by atoms with Crippen LogP contribution in [0.2, 0.25) is 0 Å². The van der Waals surface area contributed by atoms with Crippen LogP contribution in [0.1, 0.15) is 18.0 Å². The van der Waals surface area contributed by atoms with E-state index < -0.39 is 0 Å². The van der Waals surface area contributed by atoms with Crippen LogP contribution in [0.5, 0.6) is 0 Å². The maximum Gasteiger partial charge on any atom is 0.249 e. The molecule has 3 rings (SSSR count). The number of nitrogens with zero attached hydrogens (tertiary/aromatic N) is 2. The van der Waals surface area contributed by atoms with E-state index in [1.54, 1.807) is 7.05 Å². The predicted molar refractivity (Wildman–Crippen MR) is 72.4 cm³/mol. The van der Waals surface area contributed by atoms with E-state index in [-0.39, 0.29) is 17.7 Å². The summed E-state index contributed by atoms with van der Waals surface area (Å²) in [4.78, 5) is 21.5. The second-order valence-electron chi connectivity index (χ2n) is 4.90. The van der Waals surface area contributed by atoms with Gasteiger partial charge >= 0.3 is 0 Å². The standard InChI is InChI=1S/C15H16N2O2/c1-17(19-2)15(18)12-9-11(12)14-8-7-10-5-3-4-6-13(10)16-14/h3-8,11-12H,9H2,1-2H3. The average Bonchev–Trinajstić information content (AvgIpc) is 3.25. The fourth-order valence-corrected chi connectivity index (χ4v) is 2.41. The van der Waals surface area contributed by atoms with E-state index in [2.05, 4.69) is 11.1 Å². The number of benzene rings is 1. The SMILES string of the molecule is CON(C)C(=O)C1CC1c1ccc2ccccc2n1. The minimum absolute atomic E-state index is 0.0126. The minimum Gasteiger partial charge on any atom is -0.275 e. The maximum absolute atomic E-state index is 12.0. The van der Waals surface area contributed by atoms with Crippen LogP contribution in [-0.4, -0.2) is 30.1 Å². The Hall–Kier alpha value is -1.94. The van der Waals surface area contributed by atoms with Gasteiger partial charge in [0.25, 0.3) is 0 Å². The quantitative estimate of drug-likeness (QED) is 0.792. The molecule has 1 aromatic carbocycles. The van der Waals surface area contributed by atoms with Crippen molar-refractivity contribution in [3.8, 4) is 0 Å². The smallest absolute Gasteiger partial charge is 0.249 e. The molecule has 1 aliphatic rings. The molecule has 1 amide bonds. The normalized spacial score (nSPS) is 21.4. The van der Waals surface area contributed by atoms with Gasteiger partial charge in [0, 0.05) is 30.0 Å². The number of carbonyl (C=O) groups is 1. The first kappa shape index (κ1) is 12.1. The largest absolute Gasteiger partial charge is 0.275 e. The van der Waals surface area contributed by atoms with E-state index in [0.717, 1.165) is 23.0 Å². The van der Waals surface area contributed by atoms with Gasteiger partial charge in [0.2, 0.25) is 5.91 Å². The lowest BCUT2D eigenvalue weighted by atomic mass is 10.1. The van der Waals surface area contributed by atoms with Gasteiger partial charge in [-0.3, -0.25) is 14.6 Å². The van der Waals surface area contributed by atoms with Crippen molar-refractivity contribution in [2.24, 2.45) is 5.92 Å². The third-order valence-electron chi connectivity index (χ3n) is 3.69. The summed E-state index contributed by atoms with van der Waals surface area (Å²) >= 11 is 0. The number of amides is 1. The topological polar surface area (TPSA) is 42.4 Å². The van der Waals surface area contributed by atoms with Crippen molar-refractivity contribution in [2.45, 2.75) is 12.3 Å². The molecule has 2 aromatic rings. The zero-order valence-corrected chi connectivity index (χ0v) is 11.0. The third-order valence-corrected chi connectivity index (χ3v) is 3.69. The number of hydrogen-bond acceptors (Lipinski definition) is 3. The number of rotatable bonds is 3. The average molecular weight is 256 g/mol. The van der Waals surface area contributed by atoms with Crippen LogP contribution in [0.3, 0.4) is 0 Å². The summed E-state index contributed by atoms with van der Waals surface area (Å²) in [6.45, 7) is 0.